The molecule has 13 heteroatoms. The van der Waals surface area contributed by atoms with E-state index in [9.17, 15) is 4.79 Å². The van der Waals surface area contributed by atoms with Crippen molar-refractivity contribution in [2.45, 2.75) is 70.9 Å². The maximum atomic E-state index is 11.8. The van der Waals surface area contributed by atoms with Gasteiger partial charge in [0.1, 0.15) is 5.75 Å². The lowest BCUT2D eigenvalue weighted by Gasteiger charge is -2.08. The van der Waals surface area contributed by atoms with Gasteiger partial charge in [-0.15, -0.1) is 12.4 Å². The second-order valence-corrected chi connectivity index (χ2v) is 9.63. The highest BCUT2D eigenvalue weighted by Crippen LogP contribution is 2.16. The van der Waals surface area contributed by atoms with Crippen LogP contribution in [-0.4, -0.2) is 38.4 Å². The third-order valence-electron chi connectivity index (χ3n) is 5.88. The number of carbonyl (C=O) groups excluding carboxylic acids is 1. The molecule has 4 N–H and O–H groups in total. The lowest BCUT2D eigenvalue weighted by molar-refractivity contribution is -0.727. The zero-order valence-corrected chi connectivity index (χ0v) is 26.3. The molecule has 0 aliphatic carbocycles. The van der Waals surface area contributed by atoms with E-state index in [0.29, 0.717) is 30.7 Å². The van der Waals surface area contributed by atoms with E-state index in [1.54, 1.807) is 29.1 Å². The standard InChI is InChI=1S/C29H41ClN6O4.2ClH/c30-25-11-13-27(14-12-25)38-21-9-6-4-8-18-33-28(34-23-32)35-26-15-19-36(20-16-26)24-40-29(37)39-22-10-5-2-1-3-7-17-31;;/h11-16,19-20H,1-10,17-18,21-22,24,31H2,(H,33,34);2*1H. The molecule has 0 aliphatic heterocycles. The normalized spacial score (nSPS) is 10.5. The Morgan fingerprint density at radius 3 is 2.19 bits per heavy atom. The van der Waals surface area contributed by atoms with Crippen LogP contribution < -0.4 is 38.1 Å². The van der Waals surface area contributed by atoms with Gasteiger partial charge in [0.15, 0.2) is 18.6 Å². The number of hydrogen-bond acceptors (Lipinski definition) is 7. The van der Waals surface area contributed by atoms with Gasteiger partial charge in [-0.1, -0.05) is 43.7 Å². The first-order valence-electron chi connectivity index (χ1n) is 13.9. The van der Waals surface area contributed by atoms with Gasteiger partial charge < -0.3 is 37.7 Å². The third kappa shape index (κ3) is 19.2. The average Bonchev–Trinajstić information content (AvgIpc) is 2.96. The zero-order chi connectivity index (χ0) is 28.7. The molecular formula is C29H43Cl3N6O4. The molecular weight excluding hydrogens is 603 g/mol. The lowest BCUT2D eigenvalue weighted by atomic mass is 10.1. The van der Waals surface area contributed by atoms with Gasteiger partial charge >= 0.3 is 6.16 Å². The van der Waals surface area contributed by atoms with Crippen LogP contribution in [0.4, 0.5) is 10.5 Å². The van der Waals surface area contributed by atoms with E-state index < -0.39 is 6.16 Å². The summed E-state index contributed by atoms with van der Waals surface area (Å²) in [6.07, 6.45) is 15.0. The Labute approximate surface area is 266 Å². The minimum absolute atomic E-state index is 0. The molecule has 2 aromatic rings. The van der Waals surface area contributed by atoms with Crippen molar-refractivity contribution in [3.63, 3.8) is 0 Å². The maximum Gasteiger partial charge on any atom is 0.513 e. The second-order valence-electron chi connectivity index (χ2n) is 9.19. The van der Waals surface area contributed by atoms with Crippen LogP contribution in [0.25, 0.3) is 0 Å². The molecule has 0 atom stereocenters. The highest BCUT2D eigenvalue weighted by Gasteiger charge is 2.09. The lowest BCUT2D eigenvalue weighted by Crippen LogP contribution is -3.00. The van der Waals surface area contributed by atoms with Crippen LogP contribution in [0, 0.1) is 11.5 Å². The van der Waals surface area contributed by atoms with E-state index in [2.05, 4.69) is 15.6 Å². The Hall–Kier alpha value is -2.97. The van der Waals surface area contributed by atoms with E-state index in [-0.39, 0.29) is 31.5 Å². The SMILES string of the molecule is Cl.N#CNC(=NCCCCCCOc1ccc(Cl)cc1)Nc1cc[n+](COC(=O)OCCCCCCCCN)cc1.[Cl-]. The minimum Gasteiger partial charge on any atom is -1.00 e. The summed E-state index contributed by atoms with van der Waals surface area (Å²) < 4.78 is 17.7. The van der Waals surface area contributed by atoms with E-state index in [1.807, 2.05) is 30.5 Å². The molecule has 0 saturated carbocycles. The molecule has 42 heavy (non-hydrogen) atoms. The average molecular weight is 646 g/mol. The van der Waals surface area contributed by atoms with Gasteiger partial charge in [0, 0.05) is 23.7 Å². The quantitative estimate of drug-likeness (QED) is 0.0404. The molecule has 0 fully saturated rings. The number of nitriles is 1. The number of unbranched alkanes of at least 4 members (excludes halogenated alkanes) is 8. The molecule has 0 bridgehead atoms. The molecule has 1 heterocycles. The number of nitrogens with one attached hydrogen (secondary N) is 2. The summed E-state index contributed by atoms with van der Waals surface area (Å²) in [7, 11) is 0. The number of nitrogens with zero attached hydrogens (tertiary/aromatic N) is 3. The number of ether oxygens (including phenoxy) is 3. The molecule has 0 saturated heterocycles. The van der Waals surface area contributed by atoms with Gasteiger partial charge in [-0.25, -0.2) is 4.79 Å². The Morgan fingerprint density at radius 2 is 1.52 bits per heavy atom. The van der Waals surface area contributed by atoms with E-state index in [4.69, 9.17) is 36.8 Å². The van der Waals surface area contributed by atoms with Gasteiger partial charge in [-0.05, 0) is 62.9 Å². The van der Waals surface area contributed by atoms with Gasteiger partial charge in [-0.3, -0.25) is 10.3 Å². The fraction of sp³-hybridized carbons (Fsp3) is 0.517. The Balaban J connectivity index is 0.00000840. The highest BCUT2D eigenvalue weighted by atomic mass is 35.5. The summed E-state index contributed by atoms with van der Waals surface area (Å²) >= 11 is 5.88. The number of nitrogens with two attached hydrogens (primary N) is 1. The summed E-state index contributed by atoms with van der Waals surface area (Å²) in [5, 5.41) is 15.4. The molecule has 234 valence electrons. The fourth-order valence-electron chi connectivity index (χ4n) is 3.68. The van der Waals surface area contributed by atoms with Crippen molar-refractivity contribution >= 4 is 41.8 Å². The van der Waals surface area contributed by atoms with Crippen molar-refractivity contribution in [1.29, 1.82) is 5.26 Å². The predicted molar refractivity (Wildman–Crippen MR) is 163 cm³/mol. The number of guanidine groups is 1. The van der Waals surface area contributed by atoms with Crippen LogP contribution in [0.15, 0.2) is 53.8 Å². The Morgan fingerprint density at radius 1 is 0.905 bits per heavy atom. The van der Waals surface area contributed by atoms with E-state index >= 15 is 0 Å². The molecule has 2 rings (SSSR count). The number of benzene rings is 1. The maximum absolute atomic E-state index is 11.8. The van der Waals surface area contributed by atoms with Gasteiger partial charge in [-0.2, -0.15) is 9.83 Å². The number of rotatable bonds is 19. The highest BCUT2D eigenvalue weighted by molar-refractivity contribution is 6.30. The van der Waals surface area contributed by atoms with Crippen LogP contribution in [-0.2, 0) is 16.2 Å². The first-order valence-corrected chi connectivity index (χ1v) is 14.3. The summed E-state index contributed by atoms with van der Waals surface area (Å²) in [5.74, 6) is 1.20. The van der Waals surface area contributed by atoms with E-state index in [1.165, 1.54) is 0 Å². The van der Waals surface area contributed by atoms with Crippen LogP contribution in [0.3, 0.4) is 0 Å². The van der Waals surface area contributed by atoms with Crippen molar-refractivity contribution in [2.75, 3.05) is 31.6 Å². The monoisotopic (exact) mass is 644 g/mol. The molecule has 0 aliphatic rings. The smallest absolute Gasteiger partial charge is 0.513 e. The Bertz CT molecular complexity index is 1040. The first kappa shape index (κ1) is 39.0. The van der Waals surface area contributed by atoms with Crippen LogP contribution in [0.1, 0.15) is 64.2 Å². The number of aromatic nitrogens is 1. The molecule has 1 aromatic carbocycles. The first-order chi connectivity index (χ1) is 19.6. The summed E-state index contributed by atoms with van der Waals surface area (Å²) in [6.45, 7) is 2.39. The number of hydrogen-bond donors (Lipinski definition) is 3. The molecule has 0 amide bonds. The van der Waals surface area contributed by atoms with Crippen molar-refractivity contribution in [3.8, 4) is 11.9 Å². The molecule has 0 spiro atoms. The molecule has 0 radical (unpaired) electrons. The minimum atomic E-state index is -0.681. The van der Waals surface area contributed by atoms with Gasteiger partial charge in [0.2, 0.25) is 5.96 Å². The summed E-state index contributed by atoms with van der Waals surface area (Å²) in [5.41, 5.74) is 6.22. The molecule has 1 aromatic heterocycles. The molecule has 10 nitrogen and oxygen atoms in total. The van der Waals surface area contributed by atoms with Crippen LogP contribution in [0.5, 0.6) is 5.75 Å². The number of anilines is 1. The van der Waals surface area contributed by atoms with Gasteiger partial charge in [0.25, 0.3) is 6.73 Å². The van der Waals surface area contributed by atoms with Crippen molar-refractivity contribution in [3.05, 3.63) is 53.8 Å². The largest absolute Gasteiger partial charge is 1.00 e. The summed E-state index contributed by atoms with van der Waals surface area (Å²) in [4.78, 5) is 16.2. The summed E-state index contributed by atoms with van der Waals surface area (Å²) in [6, 6.07) is 10.9. The molecule has 0 unspecified atom stereocenters. The number of aliphatic imine (C=N–C) groups is 1. The number of pyridine rings is 1. The Kier molecular flexibility index (Phi) is 23.9. The van der Waals surface area contributed by atoms with Crippen LogP contribution in [0.2, 0.25) is 5.02 Å². The van der Waals surface area contributed by atoms with Gasteiger partial charge in [0.05, 0.1) is 18.9 Å². The second kappa shape index (κ2) is 25.7. The zero-order valence-electron chi connectivity index (χ0n) is 23.9. The van der Waals surface area contributed by atoms with Crippen molar-refractivity contribution in [2.24, 2.45) is 10.7 Å². The fourth-order valence-corrected chi connectivity index (χ4v) is 3.81. The van der Waals surface area contributed by atoms with Crippen molar-refractivity contribution < 1.29 is 36.0 Å². The topological polar surface area (TPSA) is 135 Å². The third-order valence-corrected chi connectivity index (χ3v) is 6.13. The number of carbonyl (C=O) groups is 1. The van der Waals surface area contributed by atoms with Crippen molar-refractivity contribution in [1.82, 2.24) is 5.32 Å². The van der Waals surface area contributed by atoms with Crippen LogP contribution >= 0.6 is 24.0 Å². The number of halogens is 3. The van der Waals surface area contributed by atoms with E-state index in [0.717, 1.165) is 82.2 Å². The predicted octanol–water partition coefficient (Wildman–Crippen LogP) is 2.94.